The Morgan fingerprint density at radius 2 is 1.70 bits per heavy atom. The van der Waals surface area contributed by atoms with Crippen LogP contribution in [0.4, 0.5) is 0 Å². The van der Waals surface area contributed by atoms with Crippen molar-refractivity contribution in [1.29, 1.82) is 0 Å². The van der Waals surface area contributed by atoms with Gasteiger partial charge in [0.2, 0.25) is 0 Å². The van der Waals surface area contributed by atoms with Crippen molar-refractivity contribution in [2.75, 3.05) is 32.7 Å². The maximum Gasteiger partial charge on any atom is 0.0916 e. The monoisotopic (exact) mass is 311 g/mol. The van der Waals surface area contributed by atoms with Gasteiger partial charge in [-0.25, -0.2) is 0 Å². The van der Waals surface area contributed by atoms with Crippen LogP contribution < -0.4 is 0 Å². The lowest BCUT2D eigenvalue weighted by molar-refractivity contribution is 0.0589. The molecule has 0 aliphatic carbocycles. The molecule has 4 heteroatoms. The van der Waals surface area contributed by atoms with E-state index in [9.17, 15) is 5.11 Å². The van der Waals surface area contributed by atoms with Crippen LogP contribution in [0, 0.1) is 0 Å². The summed E-state index contributed by atoms with van der Waals surface area (Å²) in [6, 6.07) is 14.5. The second kappa shape index (κ2) is 7.68. The van der Waals surface area contributed by atoms with E-state index in [2.05, 4.69) is 27.8 Å². The van der Waals surface area contributed by atoms with Crippen LogP contribution in [0.5, 0.6) is 0 Å². The van der Waals surface area contributed by atoms with Gasteiger partial charge in [0.05, 0.1) is 6.10 Å². The largest absolute Gasteiger partial charge is 0.387 e. The molecule has 1 saturated heterocycles. The Hall–Kier alpha value is -1.75. The number of aliphatic hydroxyl groups is 1. The summed E-state index contributed by atoms with van der Waals surface area (Å²) in [5, 5.41) is 10.4. The molecule has 1 aromatic heterocycles. The van der Waals surface area contributed by atoms with Gasteiger partial charge in [-0.05, 0) is 24.1 Å². The molecule has 0 saturated carbocycles. The molecule has 1 N–H and O–H groups in total. The number of piperazine rings is 1. The maximum atomic E-state index is 10.4. The van der Waals surface area contributed by atoms with Gasteiger partial charge in [-0.2, -0.15) is 0 Å². The van der Waals surface area contributed by atoms with Gasteiger partial charge in [0, 0.05) is 51.2 Å². The van der Waals surface area contributed by atoms with Crippen LogP contribution >= 0.6 is 0 Å². The van der Waals surface area contributed by atoms with Gasteiger partial charge in [0.25, 0.3) is 0 Å². The van der Waals surface area contributed by atoms with E-state index in [1.807, 2.05) is 48.8 Å². The van der Waals surface area contributed by atoms with Crippen molar-refractivity contribution in [2.45, 2.75) is 19.1 Å². The SMILES string of the molecule is C[C@@H](c1cccnc1)N1CCN(C[C@H](O)c2ccccc2)CC1. The Balaban J connectivity index is 1.51. The number of hydrogen-bond donors (Lipinski definition) is 1. The number of pyridine rings is 1. The molecule has 1 aliphatic rings. The molecule has 2 atom stereocenters. The van der Waals surface area contributed by atoms with Crippen molar-refractivity contribution < 1.29 is 5.11 Å². The van der Waals surface area contributed by atoms with Crippen molar-refractivity contribution in [3.05, 3.63) is 66.0 Å². The van der Waals surface area contributed by atoms with E-state index in [-0.39, 0.29) is 0 Å². The molecule has 1 fully saturated rings. The molecule has 4 nitrogen and oxygen atoms in total. The highest BCUT2D eigenvalue weighted by atomic mass is 16.3. The summed E-state index contributed by atoms with van der Waals surface area (Å²) in [5.74, 6) is 0. The predicted octanol–water partition coefficient (Wildman–Crippen LogP) is 2.49. The average Bonchev–Trinajstić information content (AvgIpc) is 2.63. The zero-order valence-electron chi connectivity index (χ0n) is 13.7. The first kappa shape index (κ1) is 16.1. The highest BCUT2D eigenvalue weighted by Gasteiger charge is 2.23. The van der Waals surface area contributed by atoms with E-state index >= 15 is 0 Å². The first-order valence-electron chi connectivity index (χ1n) is 8.33. The van der Waals surface area contributed by atoms with Gasteiger partial charge in [-0.1, -0.05) is 36.4 Å². The quantitative estimate of drug-likeness (QED) is 0.921. The molecule has 0 spiro atoms. The zero-order chi connectivity index (χ0) is 16.1. The summed E-state index contributed by atoms with van der Waals surface area (Å²) < 4.78 is 0. The van der Waals surface area contributed by atoms with E-state index in [1.165, 1.54) is 5.56 Å². The molecular formula is C19H25N3O. The van der Waals surface area contributed by atoms with Crippen molar-refractivity contribution in [3.63, 3.8) is 0 Å². The summed E-state index contributed by atoms with van der Waals surface area (Å²) in [6.45, 7) is 6.99. The van der Waals surface area contributed by atoms with Crippen LogP contribution in [0.15, 0.2) is 54.9 Å². The second-order valence-electron chi connectivity index (χ2n) is 6.23. The second-order valence-corrected chi connectivity index (χ2v) is 6.23. The lowest BCUT2D eigenvalue weighted by Crippen LogP contribution is -2.48. The Morgan fingerprint density at radius 1 is 1.00 bits per heavy atom. The fraction of sp³-hybridized carbons (Fsp3) is 0.421. The van der Waals surface area contributed by atoms with Crippen LogP contribution in [0.2, 0.25) is 0 Å². The van der Waals surface area contributed by atoms with Crippen molar-refractivity contribution in [1.82, 2.24) is 14.8 Å². The van der Waals surface area contributed by atoms with E-state index in [4.69, 9.17) is 0 Å². The third-order valence-corrected chi connectivity index (χ3v) is 4.74. The normalized spacial score (nSPS) is 19.4. The zero-order valence-corrected chi connectivity index (χ0v) is 13.7. The molecule has 0 radical (unpaired) electrons. The van der Waals surface area contributed by atoms with Gasteiger partial charge >= 0.3 is 0 Å². The van der Waals surface area contributed by atoms with Gasteiger partial charge < -0.3 is 5.11 Å². The lowest BCUT2D eigenvalue weighted by Gasteiger charge is -2.38. The minimum absolute atomic E-state index is 0.393. The van der Waals surface area contributed by atoms with E-state index in [0.717, 1.165) is 31.7 Å². The molecule has 2 heterocycles. The van der Waals surface area contributed by atoms with Crippen LogP contribution in [-0.4, -0.2) is 52.6 Å². The van der Waals surface area contributed by atoms with Gasteiger partial charge in [0.1, 0.15) is 0 Å². The summed E-state index contributed by atoms with van der Waals surface area (Å²) in [6.07, 6.45) is 3.37. The molecule has 0 bridgehead atoms. The lowest BCUT2D eigenvalue weighted by atomic mass is 10.1. The fourth-order valence-corrected chi connectivity index (χ4v) is 3.19. The molecule has 2 aromatic rings. The number of aromatic nitrogens is 1. The molecule has 122 valence electrons. The standard InChI is InChI=1S/C19H25N3O/c1-16(18-8-5-9-20-14-18)22-12-10-21(11-13-22)15-19(23)17-6-3-2-4-7-17/h2-9,14,16,19,23H,10-13,15H2,1H3/t16-,19-/m0/s1. The van der Waals surface area contributed by atoms with Crippen LogP contribution in [0.25, 0.3) is 0 Å². The van der Waals surface area contributed by atoms with Gasteiger partial charge in [-0.15, -0.1) is 0 Å². The number of nitrogens with zero attached hydrogens (tertiary/aromatic N) is 3. The minimum atomic E-state index is -0.404. The summed E-state index contributed by atoms with van der Waals surface area (Å²) in [7, 11) is 0. The molecule has 1 aliphatic heterocycles. The van der Waals surface area contributed by atoms with Gasteiger partial charge in [0.15, 0.2) is 0 Å². The number of benzene rings is 1. The van der Waals surface area contributed by atoms with Gasteiger partial charge in [-0.3, -0.25) is 14.8 Å². The summed E-state index contributed by atoms with van der Waals surface area (Å²) in [5.41, 5.74) is 2.27. The number of hydrogen-bond acceptors (Lipinski definition) is 4. The van der Waals surface area contributed by atoms with Crippen LogP contribution in [0.1, 0.15) is 30.2 Å². The Labute approximate surface area is 138 Å². The number of β-amino-alcohol motifs (C(OH)–C–C–N with tert-alkyl or cyclic N) is 1. The first-order valence-corrected chi connectivity index (χ1v) is 8.33. The van der Waals surface area contributed by atoms with E-state index in [1.54, 1.807) is 0 Å². The van der Waals surface area contributed by atoms with Crippen LogP contribution in [0.3, 0.4) is 0 Å². The Bertz CT molecular complexity index is 582. The third-order valence-electron chi connectivity index (χ3n) is 4.74. The van der Waals surface area contributed by atoms with Crippen molar-refractivity contribution in [2.24, 2.45) is 0 Å². The van der Waals surface area contributed by atoms with E-state index in [0.29, 0.717) is 12.6 Å². The topological polar surface area (TPSA) is 39.6 Å². The highest BCUT2D eigenvalue weighted by Crippen LogP contribution is 2.21. The average molecular weight is 311 g/mol. The molecule has 0 unspecified atom stereocenters. The van der Waals surface area contributed by atoms with Crippen LogP contribution in [-0.2, 0) is 0 Å². The summed E-state index contributed by atoms with van der Waals surface area (Å²) >= 11 is 0. The summed E-state index contributed by atoms with van der Waals surface area (Å²) in [4.78, 5) is 9.06. The Morgan fingerprint density at radius 3 is 2.35 bits per heavy atom. The Kier molecular flexibility index (Phi) is 5.39. The minimum Gasteiger partial charge on any atom is -0.387 e. The smallest absolute Gasteiger partial charge is 0.0916 e. The highest BCUT2D eigenvalue weighted by molar-refractivity contribution is 5.17. The van der Waals surface area contributed by atoms with E-state index < -0.39 is 6.10 Å². The first-order chi connectivity index (χ1) is 11.2. The molecule has 3 rings (SSSR count). The van der Waals surface area contributed by atoms with Crippen molar-refractivity contribution in [3.8, 4) is 0 Å². The molecular weight excluding hydrogens is 286 g/mol. The van der Waals surface area contributed by atoms with Crippen molar-refractivity contribution >= 4 is 0 Å². The third kappa shape index (κ3) is 4.16. The number of aliphatic hydroxyl groups excluding tert-OH is 1. The fourth-order valence-electron chi connectivity index (χ4n) is 3.19. The molecule has 0 amide bonds. The number of rotatable bonds is 5. The maximum absolute atomic E-state index is 10.4. The molecule has 1 aromatic carbocycles. The predicted molar refractivity (Wildman–Crippen MR) is 92.1 cm³/mol. The molecule has 23 heavy (non-hydrogen) atoms.